The Hall–Kier alpha value is -1.35. The van der Waals surface area contributed by atoms with Crippen molar-refractivity contribution >= 4 is 41.0 Å². The number of aromatic nitrogens is 2. The van der Waals surface area contributed by atoms with Crippen LogP contribution in [0.3, 0.4) is 0 Å². The summed E-state index contributed by atoms with van der Waals surface area (Å²) in [4.78, 5) is 12.5. The number of para-hydroxylation sites is 2. The van der Waals surface area contributed by atoms with Gasteiger partial charge < -0.3 is 20.4 Å². The van der Waals surface area contributed by atoms with Crippen molar-refractivity contribution in [3.63, 3.8) is 0 Å². The molecule has 146 valence electrons. The summed E-state index contributed by atoms with van der Waals surface area (Å²) in [6.45, 7) is 8.30. The van der Waals surface area contributed by atoms with E-state index < -0.39 is 0 Å². The molecule has 0 aliphatic carbocycles. The van der Waals surface area contributed by atoms with Crippen LogP contribution in [0.5, 0.6) is 0 Å². The Morgan fingerprint density at radius 2 is 1.96 bits per heavy atom. The number of nitrogens with one attached hydrogen (secondary N) is 3. The van der Waals surface area contributed by atoms with E-state index in [1.807, 2.05) is 24.3 Å². The van der Waals surface area contributed by atoms with Gasteiger partial charge in [-0.25, -0.2) is 4.98 Å². The zero-order valence-corrected chi connectivity index (χ0v) is 18.2. The van der Waals surface area contributed by atoms with Crippen molar-refractivity contribution in [1.82, 2.24) is 20.6 Å². The number of guanidine groups is 1. The molecule has 1 aromatic carbocycles. The Balaban J connectivity index is 0.00000338. The molecule has 0 saturated heterocycles. The number of halogens is 1. The van der Waals surface area contributed by atoms with Crippen LogP contribution in [0.2, 0.25) is 0 Å². The molecule has 0 aliphatic rings. The molecule has 0 amide bonds. The van der Waals surface area contributed by atoms with Crippen LogP contribution in [-0.2, 0) is 11.2 Å². The standard InChI is InChI=1S/C19H31N5O.HI/c1-3-5-14-25-15-8-12-21-19(20-4-2)22-13-11-18-23-16-9-6-7-10-17(16)24-18;/h6-7,9-10H,3-5,8,11-15H2,1-2H3,(H,23,24)(H2,20,21,22);1H. The molecule has 0 aliphatic heterocycles. The van der Waals surface area contributed by atoms with Gasteiger partial charge in [-0.2, -0.15) is 0 Å². The summed E-state index contributed by atoms with van der Waals surface area (Å²) in [6, 6.07) is 8.10. The first kappa shape index (κ1) is 22.7. The van der Waals surface area contributed by atoms with Gasteiger partial charge >= 0.3 is 0 Å². The van der Waals surface area contributed by atoms with Crippen LogP contribution in [0.4, 0.5) is 0 Å². The van der Waals surface area contributed by atoms with E-state index >= 15 is 0 Å². The number of benzene rings is 1. The lowest BCUT2D eigenvalue weighted by Gasteiger charge is -2.10. The Labute approximate surface area is 173 Å². The van der Waals surface area contributed by atoms with E-state index in [0.29, 0.717) is 0 Å². The number of hydrogen-bond donors (Lipinski definition) is 3. The summed E-state index contributed by atoms with van der Waals surface area (Å²) in [5, 5.41) is 6.64. The van der Waals surface area contributed by atoms with Gasteiger partial charge in [-0.05, 0) is 31.9 Å². The lowest BCUT2D eigenvalue weighted by molar-refractivity contribution is 0.130. The number of rotatable bonds is 11. The quantitative estimate of drug-likeness (QED) is 0.202. The van der Waals surface area contributed by atoms with Gasteiger partial charge in [-0.1, -0.05) is 25.5 Å². The topological polar surface area (TPSA) is 74.3 Å². The molecule has 26 heavy (non-hydrogen) atoms. The maximum atomic E-state index is 5.56. The number of hydrogen-bond acceptors (Lipinski definition) is 3. The highest BCUT2D eigenvalue weighted by atomic mass is 127. The van der Waals surface area contributed by atoms with Gasteiger partial charge in [0.25, 0.3) is 0 Å². The maximum absolute atomic E-state index is 5.56. The van der Waals surface area contributed by atoms with Crippen LogP contribution in [0.25, 0.3) is 11.0 Å². The molecule has 6 nitrogen and oxygen atoms in total. The van der Waals surface area contributed by atoms with Crippen LogP contribution in [-0.4, -0.2) is 48.8 Å². The largest absolute Gasteiger partial charge is 0.381 e. The summed E-state index contributed by atoms with van der Waals surface area (Å²) in [5.41, 5.74) is 2.10. The number of ether oxygens (including phenoxy) is 1. The Morgan fingerprint density at radius 3 is 2.73 bits per heavy atom. The molecule has 0 unspecified atom stereocenters. The third kappa shape index (κ3) is 8.35. The second kappa shape index (κ2) is 13.8. The Bertz CT molecular complexity index is 611. The highest BCUT2D eigenvalue weighted by Crippen LogP contribution is 2.10. The molecule has 0 bridgehead atoms. The zero-order chi connectivity index (χ0) is 17.7. The lowest BCUT2D eigenvalue weighted by atomic mass is 10.3. The van der Waals surface area contributed by atoms with Crippen molar-refractivity contribution in [2.75, 3.05) is 32.8 Å². The molecule has 0 radical (unpaired) electrons. The molecule has 0 atom stereocenters. The normalized spacial score (nSPS) is 11.4. The first-order chi connectivity index (χ1) is 12.3. The maximum Gasteiger partial charge on any atom is 0.191 e. The third-order valence-electron chi connectivity index (χ3n) is 3.80. The van der Waals surface area contributed by atoms with E-state index in [-0.39, 0.29) is 24.0 Å². The second-order valence-electron chi connectivity index (χ2n) is 5.96. The minimum Gasteiger partial charge on any atom is -0.381 e. The molecule has 7 heteroatoms. The van der Waals surface area contributed by atoms with Gasteiger partial charge in [0, 0.05) is 39.3 Å². The first-order valence-electron chi connectivity index (χ1n) is 9.37. The fourth-order valence-electron chi connectivity index (χ4n) is 2.47. The van der Waals surface area contributed by atoms with Crippen LogP contribution in [0, 0.1) is 0 Å². The van der Waals surface area contributed by atoms with Crippen molar-refractivity contribution in [1.29, 1.82) is 0 Å². The van der Waals surface area contributed by atoms with Gasteiger partial charge in [0.1, 0.15) is 5.82 Å². The van der Waals surface area contributed by atoms with Crippen LogP contribution in [0.1, 0.15) is 38.9 Å². The van der Waals surface area contributed by atoms with Crippen molar-refractivity contribution in [2.45, 2.75) is 39.5 Å². The SMILES string of the molecule is CCCCOCCCN=C(NCC)NCCc1nc2ccccc2[nH]1.I. The van der Waals surface area contributed by atoms with Gasteiger partial charge in [-0.15, -0.1) is 24.0 Å². The first-order valence-corrected chi connectivity index (χ1v) is 9.37. The molecule has 3 N–H and O–H groups in total. The molecule has 1 aromatic heterocycles. The van der Waals surface area contributed by atoms with E-state index in [4.69, 9.17) is 4.74 Å². The van der Waals surface area contributed by atoms with Crippen LogP contribution >= 0.6 is 24.0 Å². The molecule has 2 rings (SSSR count). The van der Waals surface area contributed by atoms with Crippen LogP contribution < -0.4 is 10.6 Å². The summed E-state index contributed by atoms with van der Waals surface area (Å²) in [5.74, 6) is 1.85. The number of H-pyrrole nitrogens is 1. The molecular formula is C19H32IN5O. The monoisotopic (exact) mass is 473 g/mol. The van der Waals surface area contributed by atoms with Crippen molar-refractivity contribution in [2.24, 2.45) is 4.99 Å². The highest BCUT2D eigenvalue weighted by molar-refractivity contribution is 14.0. The van der Waals surface area contributed by atoms with E-state index in [0.717, 1.165) is 74.9 Å². The van der Waals surface area contributed by atoms with Gasteiger partial charge in [0.2, 0.25) is 0 Å². The molecule has 0 saturated carbocycles. The Morgan fingerprint density at radius 1 is 1.15 bits per heavy atom. The average Bonchev–Trinajstić information content (AvgIpc) is 3.03. The molecule has 0 spiro atoms. The van der Waals surface area contributed by atoms with Crippen molar-refractivity contribution < 1.29 is 4.74 Å². The van der Waals surface area contributed by atoms with Crippen molar-refractivity contribution in [3.8, 4) is 0 Å². The van der Waals surface area contributed by atoms with E-state index in [9.17, 15) is 0 Å². The fraction of sp³-hybridized carbons (Fsp3) is 0.579. The van der Waals surface area contributed by atoms with Crippen molar-refractivity contribution in [3.05, 3.63) is 30.1 Å². The highest BCUT2D eigenvalue weighted by Gasteiger charge is 2.02. The lowest BCUT2D eigenvalue weighted by Crippen LogP contribution is -2.38. The number of aromatic amines is 1. The number of fused-ring (bicyclic) bond motifs is 1. The summed E-state index contributed by atoms with van der Waals surface area (Å²) < 4.78 is 5.56. The van der Waals surface area contributed by atoms with Crippen LogP contribution in [0.15, 0.2) is 29.3 Å². The predicted octanol–water partition coefficient (Wildman–Crippen LogP) is 3.49. The molecule has 2 aromatic rings. The Kier molecular flexibility index (Phi) is 12.0. The smallest absolute Gasteiger partial charge is 0.191 e. The van der Waals surface area contributed by atoms with E-state index in [2.05, 4.69) is 39.4 Å². The summed E-state index contributed by atoms with van der Waals surface area (Å²) in [6.07, 6.45) is 4.09. The minimum atomic E-state index is 0. The van der Waals surface area contributed by atoms with E-state index in [1.165, 1.54) is 6.42 Å². The summed E-state index contributed by atoms with van der Waals surface area (Å²) >= 11 is 0. The second-order valence-corrected chi connectivity index (χ2v) is 5.96. The fourth-order valence-corrected chi connectivity index (χ4v) is 2.47. The minimum absolute atomic E-state index is 0. The molecule has 0 fully saturated rings. The molecule has 1 heterocycles. The zero-order valence-electron chi connectivity index (χ0n) is 15.9. The van der Waals surface area contributed by atoms with E-state index in [1.54, 1.807) is 0 Å². The third-order valence-corrected chi connectivity index (χ3v) is 3.80. The average molecular weight is 473 g/mol. The molecular weight excluding hydrogens is 441 g/mol. The number of nitrogens with zero attached hydrogens (tertiary/aromatic N) is 2. The van der Waals surface area contributed by atoms with Gasteiger partial charge in [0.05, 0.1) is 11.0 Å². The predicted molar refractivity (Wildman–Crippen MR) is 120 cm³/mol. The summed E-state index contributed by atoms with van der Waals surface area (Å²) in [7, 11) is 0. The van der Waals surface area contributed by atoms with Gasteiger partial charge in [-0.3, -0.25) is 4.99 Å². The number of imidazole rings is 1. The number of aliphatic imine (C=N–C) groups is 1. The van der Waals surface area contributed by atoms with Gasteiger partial charge in [0.15, 0.2) is 5.96 Å². The number of unbranched alkanes of at least 4 members (excludes halogenated alkanes) is 1.